The van der Waals surface area contributed by atoms with Crippen LogP contribution < -0.4 is 10.9 Å². The van der Waals surface area contributed by atoms with E-state index in [1.807, 2.05) is 43.3 Å². The van der Waals surface area contributed by atoms with Gasteiger partial charge in [0.05, 0.1) is 38.4 Å². The Balaban J connectivity index is 1.64. The van der Waals surface area contributed by atoms with Crippen molar-refractivity contribution in [3.8, 4) is 5.69 Å². The van der Waals surface area contributed by atoms with E-state index in [1.165, 1.54) is 28.8 Å². The van der Waals surface area contributed by atoms with Crippen molar-refractivity contribution in [2.75, 3.05) is 11.9 Å². The summed E-state index contributed by atoms with van der Waals surface area (Å²) in [4.78, 5) is 34.4. The summed E-state index contributed by atoms with van der Waals surface area (Å²) in [5, 5.41) is 3.86. The van der Waals surface area contributed by atoms with E-state index >= 15 is 0 Å². The zero-order chi connectivity index (χ0) is 28.9. The van der Waals surface area contributed by atoms with Gasteiger partial charge in [0.1, 0.15) is 11.6 Å². The number of aromatic nitrogens is 2. The molecule has 5 aromatic rings. The van der Waals surface area contributed by atoms with Crippen molar-refractivity contribution in [1.29, 1.82) is 0 Å². The SMILES string of the molecule is CCC(c1nc2ccccc2c(=O)n1-c1ccc(F)cc1)N(CCc1ccccc1)C(=O)Nc1cccc(Cl)c1Cl. The quantitative estimate of drug-likeness (QED) is 0.199. The zero-order valence-electron chi connectivity index (χ0n) is 22.2. The van der Waals surface area contributed by atoms with Gasteiger partial charge in [0.25, 0.3) is 5.56 Å². The fourth-order valence-corrected chi connectivity index (χ4v) is 5.18. The number of hydrogen-bond acceptors (Lipinski definition) is 3. The lowest BCUT2D eigenvalue weighted by atomic mass is 10.1. The van der Waals surface area contributed by atoms with Crippen molar-refractivity contribution in [3.63, 3.8) is 0 Å². The van der Waals surface area contributed by atoms with Crippen LogP contribution in [-0.4, -0.2) is 27.0 Å². The molecule has 0 bridgehead atoms. The Morgan fingerprint density at radius 3 is 2.39 bits per heavy atom. The molecule has 1 aromatic heterocycles. The highest BCUT2D eigenvalue weighted by atomic mass is 35.5. The number of carbonyl (C=O) groups is 1. The van der Waals surface area contributed by atoms with Crippen LogP contribution >= 0.6 is 23.2 Å². The molecule has 1 N–H and O–H groups in total. The van der Waals surface area contributed by atoms with Crippen LogP contribution in [0.4, 0.5) is 14.9 Å². The summed E-state index contributed by atoms with van der Waals surface area (Å²) in [5.41, 5.74) is 2.06. The van der Waals surface area contributed by atoms with E-state index in [0.717, 1.165) is 5.56 Å². The molecule has 0 fully saturated rings. The molecule has 0 saturated heterocycles. The van der Waals surface area contributed by atoms with Crippen molar-refractivity contribution in [2.24, 2.45) is 0 Å². The zero-order valence-corrected chi connectivity index (χ0v) is 23.7. The Morgan fingerprint density at radius 2 is 1.66 bits per heavy atom. The molecule has 0 aliphatic rings. The van der Waals surface area contributed by atoms with Crippen LogP contribution in [-0.2, 0) is 6.42 Å². The van der Waals surface area contributed by atoms with Gasteiger partial charge >= 0.3 is 6.03 Å². The third-order valence-electron chi connectivity index (χ3n) is 6.89. The Hall–Kier alpha value is -4.20. The molecule has 1 unspecified atom stereocenters. The molecule has 4 aromatic carbocycles. The van der Waals surface area contributed by atoms with Gasteiger partial charge in [0, 0.05) is 6.54 Å². The van der Waals surface area contributed by atoms with Gasteiger partial charge in [0.2, 0.25) is 0 Å². The Labute approximate surface area is 247 Å². The molecule has 6 nitrogen and oxygen atoms in total. The van der Waals surface area contributed by atoms with Crippen molar-refractivity contribution >= 4 is 45.8 Å². The summed E-state index contributed by atoms with van der Waals surface area (Å²) in [6.07, 6.45) is 1.000. The molecule has 0 aliphatic carbocycles. The summed E-state index contributed by atoms with van der Waals surface area (Å²) in [6.45, 7) is 2.24. The van der Waals surface area contributed by atoms with Gasteiger partial charge < -0.3 is 10.2 Å². The molecule has 41 heavy (non-hydrogen) atoms. The maximum absolute atomic E-state index is 14.0. The summed E-state index contributed by atoms with van der Waals surface area (Å²) in [7, 11) is 0. The predicted molar refractivity (Wildman–Crippen MR) is 163 cm³/mol. The monoisotopic (exact) mass is 588 g/mol. The molecule has 9 heteroatoms. The van der Waals surface area contributed by atoms with Crippen LogP contribution in [0.15, 0.2) is 102 Å². The number of nitrogens with one attached hydrogen (secondary N) is 1. The minimum atomic E-state index is -0.626. The molecule has 5 rings (SSSR count). The van der Waals surface area contributed by atoms with E-state index in [0.29, 0.717) is 52.5 Å². The first-order valence-corrected chi connectivity index (χ1v) is 14.0. The number of benzene rings is 4. The van der Waals surface area contributed by atoms with Crippen LogP contribution in [0.25, 0.3) is 16.6 Å². The average molecular weight is 589 g/mol. The number of nitrogens with zero attached hydrogens (tertiary/aromatic N) is 3. The van der Waals surface area contributed by atoms with Gasteiger partial charge in [-0.05, 0) is 66.9 Å². The van der Waals surface area contributed by atoms with Gasteiger partial charge in [-0.3, -0.25) is 9.36 Å². The van der Waals surface area contributed by atoms with Crippen molar-refractivity contribution in [3.05, 3.63) is 135 Å². The lowest BCUT2D eigenvalue weighted by molar-refractivity contribution is 0.182. The molecule has 208 valence electrons. The molecule has 0 spiro atoms. The highest BCUT2D eigenvalue weighted by molar-refractivity contribution is 6.43. The first-order valence-electron chi connectivity index (χ1n) is 13.2. The van der Waals surface area contributed by atoms with Gasteiger partial charge in [-0.2, -0.15) is 0 Å². The first kappa shape index (κ1) is 28.3. The molecule has 1 heterocycles. The van der Waals surface area contributed by atoms with Crippen LogP contribution in [0.2, 0.25) is 10.0 Å². The number of hydrogen-bond donors (Lipinski definition) is 1. The van der Waals surface area contributed by atoms with Crippen molar-refractivity contribution in [1.82, 2.24) is 14.5 Å². The molecule has 0 radical (unpaired) electrons. The second kappa shape index (κ2) is 12.5. The largest absolute Gasteiger partial charge is 0.322 e. The van der Waals surface area contributed by atoms with E-state index in [1.54, 1.807) is 41.3 Å². The number of halogens is 3. The van der Waals surface area contributed by atoms with Gasteiger partial charge in [-0.1, -0.05) is 78.7 Å². The second-order valence-electron chi connectivity index (χ2n) is 9.49. The highest BCUT2D eigenvalue weighted by Crippen LogP contribution is 2.32. The lowest BCUT2D eigenvalue weighted by Gasteiger charge is -2.32. The summed E-state index contributed by atoms with van der Waals surface area (Å²) < 4.78 is 15.3. The minimum Gasteiger partial charge on any atom is -0.314 e. The number of para-hydroxylation sites is 1. The molecule has 2 amide bonds. The molecule has 1 atom stereocenters. The van der Waals surface area contributed by atoms with Gasteiger partial charge in [-0.15, -0.1) is 0 Å². The summed E-state index contributed by atoms with van der Waals surface area (Å²) in [5.74, 6) is -0.0605. The van der Waals surface area contributed by atoms with E-state index in [2.05, 4.69) is 5.32 Å². The maximum atomic E-state index is 14.0. The Morgan fingerprint density at radius 1 is 0.951 bits per heavy atom. The number of amides is 2. The predicted octanol–water partition coefficient (Wildman–Crippen LogP) is 8.06. The normalized spacial score (nSPS) is 11.8. The van der Waals surface area contributed by atoms with Crippen molar-refractivity contribution < 1.29 is 9.18 Å². The third kappa shape index (κ3) is 6.11. The Kier molecular flexibility index (Phi) is 8.67. The molecule has 0 saturated carbocycles. The fraction of sp³-hybridized carbons (Fsp3) is 0.156. The fourth-order valence-electron chi connectivity index (χ4n) is 4.84. The maximum Gasteiger partial charge on any atom is 0.322 e. The second-order valence-corrected chi connectivity index (χ2v) is 10.3. The third-order valence-corrected chi connectivity index (χ3v) is 7.70. The number of fused-ring (bicyclic) bond motifs is 1. The van der Waals surface area contributed by atoms with E-state index in [4.69, 9.17) is 28.2 Å². The molecular formula is C32H27Cl2FN4O2. The smallest absolute Gasteiger partial charge is 0.314 e. The van der Waals surface area contributed by atoms with Crippen LogP contribution in [0.1, 0.15) is 30.8 Å². The minimum absolute atomic E-state index is 0.227. The van der Waals surface area contributed by atoms with Crippen LogP contribution in [0.5, 0.6) is 0 Å². The van der Waals surface area contributed by atoms with Crippen molar-refractivity contribution in [2.45, 2.75) is 25.8 Å². The number of urea groups is 1. The van der Waals surface area contributed by atoms with Crippen LogP contribution in [0.3, 0.4) is 0 Å². The van der Waals surface area contributed by atoms with Gasteiger partial charge in [0.15, 0.2) is 0 Å². The standard InChI is InChI=1S/C32H27Cl2FN4O2/c1-2-28(30-36-26-13-7-6-11-24(26)31(40)39(30)23-17-15-22(35)16-18-23)38(20-19-21-9-4-3-5-10-21)32(41)37-27-14-8-12-25(33)29(27)34/h3-18,28H,2,19-20H2,1H3,(H,37,41). The first-order chi connectivity index (χ1) is 19.9. The topological polar surface area (TPSA) is 67.2 Å². The number of anilines is 1. The van der Waals surface area contributed by atoms with Crippen LogP contribution in [0, 0.1) is 5.82 Å². The van der Waals surface area contributed by atoms with E-state index in [-0.39, 0.29) is 10.6 Å². The highest BCUT2D eigenvalue weighted by Gasteiger charge is 2.29. The van der Waals surface area contributed by atoms with Gasteiger partial charge in [-0.25, -0.2) is 14.2 Å². The van der Waals surface area contributed by atoms with E-state index < -0.39 is 17.9 Å². The number of carbonyl (C=O) groups excluding carboxylic acids is 1. The van der Waals surface area contributed by atoms with E-state index in [9.17, 15) is 14.0 Å². The lowest BCUT2D eigenvalue weighted by Crippen LogP contribution is -2.42. The number of rotatable bonds is 8. The Bertz CT molecular complexity index is 1740. The molecule has 0 aliphatic heterocycles. The summed E-state index contributed by atoms with van der Waals surface area (Å²) in [6, 6.07) is 26.5. The average Bonchev–Trinajstić information content (AvgIpc) is 2.99. The molecular weight excluding hydrogens is 562 g/mol. The summed E-state index contributed by atoms with van der Waals surface area (Å²) >= 11 is 12.6.